The maximum Gasteiger partial charge on any atom is 0.315 e. The molecule has 1 saturated carbocycles. The zero-order chi connectivity index (χ0) is 16.5. The molecule has 126 valence electrons. The fourth-order valence-corrected chi connectivity index (χ4v) is 2.45. The number of amides is 2. The molecule has 1 fully saturated rings. The van der Waals surface area contributed by atoms with Crippen molar-refractivity contribution in [3.05, 3.63) is 23.9 Å². The lowest BCUT2D eigenvalue weighted by Gasteiger charge is -2.12. The van der Waals surface area contributed by atoms with Crippen LogP contribution in [0.4, 0.5) is 4.79 Å². The molecule has 23 heavy (non-hydrogen) atoms. The average Bonchev–Trinajstić information content (AvgIpc) is 3.04. The van der Waals surface area contributed by atoms with Crippen LogP contribution >= 0.6 is 0 Å². The molecule has 1 heterocycles. The first-order valence-electron chi connectivity index (χ1n) is 7.98. The van der Waals surface area contributed by atoms with Crippen LogP contribution in [0.3, 0.4) is 0 Å². The van der Waals surface area contributed by atoms with Crippen molar-refractivity contribution in [1.82, 2.24) is 15.6 Å². The molecular weight excluding hydrogens is 298 g/mol. The van der Waals surface area contributed by atoms with E-state index in [9.17, 15) is 9.59 Å². The van der Waals surface area contributed by atoms with E-state index in [1.807, 2.05) is 12.1 Å². The van der Waals surface area contributed by atoms with Crippen molar-refractivity contribution in [3.8, 4) is 5.88 Å². The van der Waals surface area contributed by atoms with Gasteiger partial charge in [-0.2, -0.15) is 0 Å². The smallest absolute Gasteiger partial charge is 0.315 e. The van der Waals surface area contributed by atoms with Crippen molar-refractivity contribution in [2.45, 2.75) is 51.2 Å². The van der Waals surface area contributed by atoms with Crippen LogP contribution in [-0.2, 0) is 11.3 Å². The maximum absolute atomic E-state index is 11.5. The van der Waals surface area contributed by atoms with Gasteiger partial charge in [0.1, 0.15) is 6.10 Å². The van der Waals surface area contributed by atoms with E-state index in [2.05, 4.69) is 15.6 Å². The van der Waals surface area contributed by atoms with Gasteiger partial charge < -0.3 is 20.5 Å². The van der Waals surface area contributed by atoms with Gasteiger partial charge in [-0.25, -0.2) is 9.78 Å². The molecule has 7 heteroatoms. The monoisotopic (exact) mass is 321 g/mol. The number of carboxylic acid groups (broad SMARTS) is 1. The molecule has 0 radical (unpaired) electrons. The molecule has 0 unspecified atom stereocenters. The van der Waals surface area contributed by atoms with Gasteiger partial charge in [-0.3, -0.25) is 4.79 Å². The predicted molar refractivity (Wildman–Crippen MR) is 84.2 cm³/mol. The van der Waals surface area contributed by atoms with Gasteiger partial charge in [-0.15, -0.1) is 0 Å². The van der Waals surface area contributed by atoms with E-state index in [1.54, 1.807) is 6.20 Å². The summed E-state index contributed by atoms with van der Waals surface area (Å²) in [5.74, 6) is -0.239. The molecule has 2 amide bonds. The number of ether oxygens (including phenoxy) is 1. The summed E-state index contributed by atoms with van der Waals surface area (Å²) in [6.07, 6.45) is 7.05. The molecule has 0 aromatic carbocycles. The molecule has 1 aromatic rings. The third kappa shape index (κ3) is 6.54. The van der Waals surface area contributed by atoms with Crippen LogP contribution in [0.25, 0.3) is 0 Å². The second kappa shape index (κ2) is 8.97. The number of nitrogens with zero attached hydrogens (tertiary/aromatic N) is 1. The molecule has 1 aliphatic carbocycles. The van der Waals surface area contributed by atoms with Crippen LogP contribution in [-0.4, -0.2) is 34.7 Å². The van der Waals surface area contributed by atoms with E-state index in [-0.39, 0.29) is 18.6 Å². The van der Waals surface area contributed by atoms with Crippen LogP contribution in [0.15, 0.2) is 18.3 Å². The fourth-order valence-electron chi connectivity index (χ4n) is 2.45. The Morgan fingerprint density at radius 2 is 2.04 bits per heavy atom. The summed E-state index contributed by atoms with van der Waals surface area (Å²) in [6.45, 7) is 0.700. The van der Waals surface area contributed by atoms with Gasteiger partial charge in [-0.05, 0) is 37.7 Å². The number of carbonyl (C=O) groups is 2. The summed E-state index contributed by atoms with van der Waals surface area (Å²) >= 11 is 0. The van der Waals surface area contributed by atoms with Gasteiger partial charge in [0.05, 0.1) is 0 Å². The quantitative estimate of drug-likeness (QED) is 0.636. The van der Waals surface area contributed by atoms with E-state index in [1.165, 1.54) is 12.8 Å². The van der Waals surface area contributed by atoms with Crippen LogP contribution in [0, 0.1) is 0 Å². The van der Waals surface area contributed by atoms with Crippen molar-refractivity contribution >= 4 is 12.0 Å². The van der Waals surface area contributed by atoms with Crippen LogP contribution < -0.4 is 15.4 Å². The fraction of sp³-hybridized carbons (Fsp3) is 0.562. The number of aliphatic carboxylic acids is 1. The highest BCUT2D eigenvalue weighted by Gasteiger charge is 2.16. The lowest BCUT2D eigenvalue weighted by molar-refractivity contribution is -0.137. The van der Waals surface area contributed by atoms with E-state index < -0.39 is 5.97 Å². The Hall–Kier alpha value is -2.31. The Morgan fingerprint density at radius 3 is 2.70 bits per heavy atom. The molecule has 1 aliphatic rings. The minimum absolute atomic E-state index is 0.0483. The summed E-state index contributed by atoms with van der Waals surface area (Å²) in [4.78, 5) is 26.1. The summed E-state index contributed by atoms with van der Waals surface area (Å²) in [5, 5.41) is 13.8. The largest absolute Gasteiger partial charge is 0.481 e. The number of hydrogen-bond acceptors (Lipinski definition) is 4. The Kier molecular flexibility index (Phi) is 6.65. The highest BCUT2D eigenvalue weighted by Crippen LogP contribution is 2.22. The van der Waals surface area contributed by atoms with Gasteiger partial charge in [0, 0.05) is 31.8 Å². The zero-order valence-corrected chi connectivity index (χ0v) is 13.1. The second-order valence-corrected chi connectivity index (χ2v) is 5.64. The number of hydrogen-bond donors (Lipinski definition) is 3. The number of carboxylic acids is 1. The number of pyridine rings is 1. The van der Waals surface area contributed by atoms with E-state index in [0.717, 1.165) is 18.4 Å². The summed E-state index contributed by atoms with van der Waals surface area (Å²) in [5.41, 5.74) is 0.879. The first-order chi connectivity index (χ1) is 11.1. The maximum atomic E-state index is 11.5. The van der Waals surface area contributed by atoms with Crippen LogP contribution in [0.5, 0.6) is 5.88 Å². The predicted octanol–water partition coefficient (Wildman–Crippen LogP) is 2.07. The van der Waals surface area contributed by atoms with Gasteiger partial charge >= 0.3 is 12.0 Å². The van der Waals surface area contributed by atoms with Gasteiger partial charge in [0.2, 0.25) is 5.88 Å². The van der Waals surface area contributed by atoms with Crippen LogP contribution in [0.2, 0.25) is 0 Å². The molecule has 3 N–H and O–H groups in total. The van der Waals surface area contributed by atoms with E-state index in [4.69, 9.17) is 9.84 Å². The van der Waals surface area contributed by atoms with E-state index >= 15 is 0 Å². The molecule has 2 rings (SSSR count). The van der Waals surface area contributed by atoms with Crippen molar-refractivity contribution in [1.29, 1.82) is 0 Å². The summed E-state index contributed by atoms with van der Waals surface area (Å²) in [6, 6.07) is 3.38. The minimum Gasteiger partial charge on any atom is -0.481 e. The zero-order valence-electron chi connectivity index (χ0n) is 13.1. The molecule has 0 saturated heterocycles. The Bertz CT molecular complexity index is 513. The molecule has 0 atom stereocenters. The molecule has 0 bridgehead atoms. The topological polar surface area (TPSA) is 101 Å². The average molecular weight is 321 g/mol. The third-order valence-corrected chi connectivity index (χ3v) is 3.69. The van der Waals surface area contributed by atoms with Crippen molar-refractivity contribution < 1.29 is 19.4 Å². The number of aromatic nitrogens is 1. The number of urea groups is 1. The number of carbonyl (C=O) groups excluding carboxylic acids is 1. The van der Waals surface area contributed by atoms with Crippen molar-refractivity contribution in [3.63, 3.8) is 0 Å². The lowest BCUT2D eigenvalue weighted by Crippen LogP contribution is -2.35. The molecule has 0 aliphatic heterocycles. The summed E-state index contributed by atoms with van der Waals surface area (Å²) < 4.78 is 5.78. The van der Waals surface area contributed by atoms with Crippen LogP contribution in [0.1, 0.15) is 44.1 Å². The second-order valence-electron chi connectivity index (χ2n) is 5.64. The highest BCUT2D eigenvalue weighted by molar-refractivity contribution is 5.73. The van der Waals surface area contributed by atoms with Crippen molar-refractivity contribution in [2.75, 3.05) is 6.54 Å². The van der Waals surface area contributed by atoms with Gasteiger partial charge in [0.15, 0.2) is 0 Å². The number of nitrogens with one attached hydrogen (secondary N) is 2. The SMILES string of the molecule is O=C(O)CCCNC(=O)NCc1ccc(OC2CCCC2)nc1. The normalized spacial score (nSPS) is 14.4. The van der Waals surface area contributed by atoms with Gasteiger partial charge in [-0.1, -0.05) is 6.07 Å². The first kappa shape index (κ1) is 17.1. The number of rotatable bonds is 8. The Labute approximate surface area is 135 Å². The molecule has 0 spiro atoms. The molecular formula is C16H23N3O4. The minimum atomic E-state index is -0.863. The highest BCUT2D eigenvalue weighted by atomic mass is 16.5. The van der Waals surface area contributed by atoms with Gasteiger partial charge in [0.25, 0.3) is 0 Å². The lowest BCUT2D eigenvalue weighted by atomic mass is 10.3. The molecule has 7 nitrogen and oxygen atoms in total. The third-order valence-electron chi connectivity index (χ3n) is 3.69. The Balaban J connectivity index is 1.65. The summed E-state index contributed by atoms with van der Waals surface area (Å²) in [7, 11) is 0. The first-order valence-corrected chi connectivity index (χ1v) is 7.98. The van der Waals surface area contributed by atoms with E-state index in [0.29, 0.717) is 25.4 Å². The standard InChI is InChI=1S/C16H23N3O4/c20-15(21)6-3-9-17-16(22)19-11-12-7-8-14(18-10-12)23-13-4-1-2-5-13/h7-8,10,13H,1-6,9,11H2,(H,20,21)(H2,17,19,22). The van der Waals surface area contributed by atoms with Crippen molar-refractivity contribution in [2.24, 2.45) is 0 Å². The Morgan fingerprint density at radius 1 is 1.26 bits per heavy atom. The molecule has 1 aromatic heterocycles.